The molecular weight excluding hydrogens is 440 g/mol. The molecule has 1 atom stereocenters. The van der Waals surface area contributed by atoms with Gasteiger partial charge in [0, 0.05) is 31.0 Å². The second-order valence-corrected chi connectivity index (χ2v) is 9.02. The topological polar surface area (TPSA) is 60.8 Å². The molecule has 1 aliphatic rings. The number of ether oxygens (including phenoxy) is 2. The summed E-state index contributed by atoms with van der Waals surface area (Å²) in [5, 5.41) is 2.22. The van der Waals surface area contributed by atoms with Gasteiger partial charge in [-0.2, -0.15) is 0 Å². The molecule has 3 aromatic carbocycles. The molecule has 0 bridgehead atoms. The third-order valence-corrected chi connectivity index (χ3v) is 6.58. The van der Waals surface area contributed by atoms with Gasteiger partial charge >= 0.3 is 0 Å². The Morgan fingerprint density at radius 3 is 2.54 bits per heavy atom. The van der Waals surface area contributed by atoms with E-state index in [2.05, 4.69) is 18.2 Å². The first-order valence-corrected chi connectivity index (χ1v) is 11.7. The van der Waals surface area contributed by atoms with Crippen molar-refractivity contribution in [1.82, 2.24) is 9.47 Å². The lowest BCUT2D eigenvalue weighted by Crippen LogP contribution is -2.37. The summed E-state index contributed by atoms with van der Waals surface area (Å²) >= 11 is 0. The lowest BCUT2D eigenvalue weighted by atomic mass is 10.0. The van der Waals surface area contributed by atoms with Crippen molar-refractivity contribution in [2.45, 2.75) is 33.0 Å². The first kappa shape index (κ1) is 22.7. The standard InChI is InChI=1S/C29H28N2O4/c1-19-15-25(32)28(20(2)31(19)17-23-18-34-26-13-6-7-14-27(26)35-23)29(33)30(3)16-22-11-8-10-21-9-4-5-12-24(21)22/h4-15,23H,16-18H2,1-3H3/t23-/m1/s1. The molecule has 1 aromatic heterocycles. The zero-order chi connectivity index (χ0) is 24.5. The molecule has 0 aliphatic carbocycles. The number of fused-ring (bicyclic) bond motifs is 2. The molecule has 0 N–H and O–H groups in total. The lowest BCUT2D eigenvalue weighted by Gasteiger charge is -2.29. The number of para-hydroxylation sites is 2. The summed E-state index contributed by atoms with van der Waals surface area (Å²) in [6.07, 6.45) is -0.235. The van der Waals surface area contributed by atoms with E-state index in [4.69, 9.17) is 9.47 Å². The molecule has 0 saturated carbocycles. The van der Waals surface area contributed by atoms with Crippen LogP contribution in [0.1, 0.15) is 27.3 Å². The van der Waals surface area contributed by atoms with Gasteiger partial charge in [-0.1, -0.05) is 54.6 Å². The predicted octanol–water partition coefficient (Wildman–Crippen LogP) is 4.73. The second kappa shape index (κ2) is 9.29. The average Bonchev–Trinajstić information content (AvgIpc) is 2.86. The monoisotopic (exact) mass is 468 g/mol. The van der Waals surface area contributed by atoms with Crippen molar-refractivity contribution in [3.8, 4) is 11.5 Å². The molecule has 0 unspecified atom stereocenters. The minimum Gasteiger partial charge on any atom is -0.486 e. The number of benzene rings is 3. The fourth-order valence-corrected chi connectivity index (χ4v) is 4.76. The van der Waals surface area contributed by atoms with E-state index in [0.717, 1.165) is 27.8 Å². The maximum absolute atomic E-state index is 13.5. The van der Waals surface area contributed by atoms with Gasteiger partial charge < -0.3 is 18.9 Å². The van der Waals surface area contributed by atoms with Gasteiger partial charge in [0.1, 0.15) is 12.2 Å². The quantitative estimate of drug-likeness (QED) is 0.425. The predicted molar refractivity (Wildman–Crippen MR) is 136 cm³/mol. The number of hydrogen-bond donors (Lipinski definition) is 0. The van der Waals surface area contributed by atoms with Gasteiger partial charge in [-0.25, -0.2) is 0 Å². The summed E-state index contributed by atoms with van der Waals surface area (Å²) < 4.78 is 14.0. The summed E-state index contributed by atoms with van der Waals surface area (Å²) in [5.74, 6) is 1.13. The molecule has 1 aliphatic heterocycles. The fraction of sp³-hybridized carbons (Fsp3) is 0.241. The number of aryl methyl sites for hydroxylation is 1. The summed E-state index contributed by atoms with van der Waals surface area (Å²) in [7, 11) is 1.74. The van der Waals surface area contributed by atoms with E-state index in [-0.39, 0.29) is 23.0 Å². The van der Waals surface area contributed by atoms with Crippen LogP contribution in [-0.2, 0) is 13.1 Å². The molecule has 0 saturated heterocycles. The van der Waals surface area contributed by atoms with Gasteiger partial charge in [-0.05, 0) is 42.3 Å². The zero-order valence-corrected chi connectivity index (χ0v) is 20.2. The molecule has 178 valence electrons. The number of aromatic nitrogens is 1. The highest BCUT2D eigenvalue weighted by Gasteiger charge is 2.25. The van der Waals surface area contributed by atoms with Crippen molar-refractivity contribution in [1.29, 1.82) is 0 Å². The molecule has 0 fully saturated rings. The van der Waals surface area contributed by atoms with E-state index in [1.807, 2.05) is 66.9 Å². The van der Waals surface area contributed by atoms with Crippen LogP contribution in [-0.4, -0.2) is 35.1 Å². The van der Waals surface area contributed by atoms with Gasteiger partial charge in [0.05, 0.1) is 6.54 Å². The number of pyridine rings is 1. The van der Waals surface area contributed by atoms with Crippen molar-refractivity contribution in [3.63, 3.8) is 0 Å². The van der Waals surface area contributed by atoms with Gasteiger partial charge in [0.15, 0.2) is 23.0 Å². The Bertz CT molecular complexity index is 1470. The fourth-order valence-electron chi connectivity index (χ4n) is 4.76. The molecule has 1 amide bonds. The van der Waals surface area contributed by atoms with Crippen LogP contribution in [0.5, 0.6) is 11.5 Å². The average molecular weight is 469 g/mol. The summed E-state index contributed by atoms with van der Waals surface area (Å²) in [6, 6.07) is 23.3. The Balaban J connectivity index is 1.41. The van der Waals surface area contributed by atoms with Gasteiger partial charge in [-0.15, -0.1) is 0 Å². The minimum absolute atomic E-state index is 0.190. The van der Waals surface area contributed by atoms with Crippen LogP contribution in [0.15, 0.2) is 77.6 Å². The van der Waals surface area contributed by atoms with Gasteiger partial charge in [0.25, 0.3) is 5.91 Å². The Morgan fingerprint density at radius 1 is 1.00 bits per heavy atom. The highest BCUT2D eigenvalue weighted by molar-refractivity contribution is 5.95. The van der Waals surface area contributed by atoms with Crippen molar-refractivity contribution >= 4 is 16.7 Å². The van der Waals surface area contributed by atoms with Crippen LogP contribution in [0.4, 0.5) is 0 Å². The van der Waals surface area contributed by atoms with E-state index in [1.165, 1.54) is 6.07 Å². The van der Waals surface area contributed by atoms with Crippen LogP contribution >= 0.6 is 0 Å². The lowest BCUT2D eigenvalue weighted by molar-refractivity contribution is 0.0755. The number of carbonyl (C=O) groups excluding carboxylic acids is 1. The largest absolute Gasteiger partial charge is 0.486 e. The number of nitrogens with zero attached hydrogens (tertiary/aromatic N) is 2. The van der Waals surface area contributed by atoms with E-state index in [9.17, 15) is 9.59 Å². The van der Waals surface area contributed by atoms with Crippen molar-refractivity contribution in [3.05, 3.63) is 106 Å². The van der Waals surface area contributed by atoms with Gasteiger partial charge in [0.2, 0.25) is 0 Å². The highest BCUT2D eigenvalue weighted by Crippen LogP contribution is 2.31. The Kier molecular flexibility index (Phi) is 6.03. The third kappa shape index (κ3) is 4.39. The van der Waals surface area contributed by atoms with Crippen molar-refractivity contribution < 1.29 is 14.3 Å². The normalized spacial score (nSPS) is 14.7. The first-order valence-electron chi connectivity index (χ1n) is 11.7. The maximum atomic E-state index is 13.5. The maximum Gasteiger partial charge on any atom is 0.259 e. The number of carbonyl (C=O) groups is 1. The number of hydrogen-bond acceptors (Lipinski definition) is 4. The number of rotatable bonds is 5. The van der Waals surface area contributed by atoms with Crippen molar-refractivity contribution in [2.24, 2.45) is 0 Å². The van der Waals surface area contributed by atoms with Crippen LogP contribution in [0, 0.1) is 13.8 Å². The third-order valence-electron chi connectivity index (χ3n) is 6.58. The van der Waals surface area contributed by atoms with E-state index in [0.29, 0.717) is 31.1 Å². The number of amides is 1. The summed E-state index contributed by atoms with van der Waals surface area (Å²) in [4.78, 5) is 28.1. The molecule has 5 rings (SSSR count). The first-order chi connectivity index (χ1) is 16.9. The van der Waals surface area contributed by atoms with Crippen LogP contribution in [0.2, 0.25) is 0 Å². The summed E-state index contributed by atoms with van der Waals surface area (Å²) in [6.45, 7) is 4.97. The molecule has 4 aromatic rings. The van der Waals surface area contributed by atoms with E-state index >= 15 is 0 Å². The SMILES string of the molecule is Cc1cc(=O)c(C(=O)N(C)Cc2cccc3ccccc23)c(C)n1C[C@@H]1COc2ccccc2O1. The zero-order valence-electron chi connectivity index (χ0n) is 20.2. The minimum atomic E-state index is -0.291. The Hall–Kier alpha value is -4.06. The molecule has 2 heterocycles. The highest BCUT2D eigenvalue weighted by atomic mass is 16.6. The molecule has 6 heteroatoms. The molecular formula is C29H28N2O4. The Labute approximate surface area is 204 Å². The van der Waals surface area contributed by atoms with Crippen molar-refractivity contribution in [2.75, 3.05) is 13.7 Å². The molecule has 35 heavy (non-hydrogen) atoms. The second-order valence-electron chi connectivity index (χ2n) is 9.02. The molecule has 6 nitrogen and oxygen atoms in total. The van der Waals surface area contributed by atoms with Crippen LogP contribution in [0.3, 0.4) is 0 Å². The summed E-state index contributed by atoms with van der Waals surface area (Å²) in [5.41, 5.74) is 2.37. The Morgan fingerprint density at radius 2 is 1.71 bits per heavy atom. The smallest absolute Gasteiger partial charge is 0.259 e. The van der Waals surface area contributed by atoms with Crippen LogP contribution < -0.4 is 14.9 Å². The molecule has 0 radical (unpaired) electrons. The molecule has 0 spiro atoms. The van der Waals surface area contributed by atoms with Gasteiger partial charge in [-0.3, -0.25) is 9.59 Å². The van der Waals surface area contributed by atoms with Crippen LogP contribution in [0.25, 0.3) is 10.8 Å². The van der Waals surface area contributed by atoms with E-state index < -0.39 is 0 Å². The van der Waals surface area contributed by atoms with E-state index in [1.54, 1.807) is 11.9 Å².